The van der Waals surface area contributed by atoms with Gasteiger partial charge >= 0.3 is 6.03 Å². The SMILES string of the molecule is CS(=O)(=O)N1CCc2cc(NC(=O)NC3CC3)ccc21. The molecule has 0 spiro atoms. The molecule has 1 aromatic rings. The molecule has 1 aliphatic carbocycles. The Hall–Kier alpha value is -1.76. The molecule has 2 amide bonds. The molecule has 0 atom stereocenters. The zero-order valence-corrected chi connectivity index (χ0v) is 12.0. The van der Waals surface area contributed by atoms with Crippen molar-refractivity contribution in [2.45, 2.75) is 25.3 Å². The van der Waals surface area contributed by atoms with Gasteiger partial charge in [-0.2, -0.15) is 0 Å². The van der Waals surface area contributed by atoms with Crippen molar-refractivity contribution in [3.63, 3.8) is 0 Å². The van der Waals surface area contributed by atoms with Gasteiger partial charge in [-0.3, -0.25) is 4.31 Å². The van der Waals surface area contributed by atoms with Gasteiger partial charge in [-0.1, -0.05) is 0 Å². The van der Waals surface area contributed by atoms with E-state index in [0.717, 1.165) is 18.4 Å². The molecule has 1 saturated carbocycles. The van der Waals surface area contributed by atoms with Gasteiger partial charge in [-0.15, -0.1) is 0 Å². The fourth-order valence-corrected chi connectivity index (χ4v) is 3.33. The average Bonchev–Trinajstić information content (AvgIpc) is 3.04. The van der Waals surface area contributed by atoms with Crippen molar-refractivity contribution in [1.82, 2.24) is 5.32 Å². The van der Waals surface area contributed by atoms with E-state index >= 15 is 0 Å². The summed E-state index contributed by atoms with van der Waals surface area (Å²) in [6.45, 7) is 0.464. The van der Waals surface area contributed by atoms with E-state index in [2.05, 4.69) is 10.6 Å². The molecule has 0 aromatic heterocycles. The molecular weight excluding hydrogens is 278 g/mol. The number of nitrogens with one attached hydrogen (secondary N) is 2. The number of anilines is 2. The van der Waals surface area contributed by atoms with Gasteiger partial charge in [0.05, 0.1) is 11.9 Å². The molecule has 0 bridgehead atoms. The van der Waals surface area contributed by atoms with Crippen molar-refractivity contribution in [2.75, 3.05) is 22.4 Å². The number of urea groups is 1. The summed E-state index contributed by atoms with van der Waals surface area (Å²) < 4.78 is 24.7. The Bertz CT molecular complexity index is 653. The molecule has 1 fully saturated rings. The Labute approximate surface area is 118 Å². The van der Waals surface area contributed by atoms with Crippen LogP contribution >= 0.6 is 0 Å². The van der Waals surface area contributed by atoms with Gasteiger partial charge in [0.1, 0.15) is 0 Å². The van der Waals surface area contributed by atoms with Gasteiger partial charge in [-0.05, 0) is 43.0 Å². The van der Waals surface area contributed by atoms with E-state index in [-0.39, 0.29) is 6.03 Å². The predicted molar refractivity (Wildman–Crippen MR) is 77.5 cm³/mol. The lowest BCUT2D eigenvalue weighted by atomic mass is 10.1. The van der Waals surface area contributed by atoms with Gasteiger partial charge in [0.15, 0.2) is 0 Å². The van der Waals surface area contributed by atoms with Crippen LogP contribution in [-0.2, 0) is 16.4 Å². The normalized spacial score (nSPS) is 17.8. The zero-order chi connectivity index (χ0) is 14.3. The summed E-state index contributed by atoms with van der Waals surface area (Å²) in [5.74, 6) is 0. The third-order valence-electron chi connectivity index (χ3n) is 3.50. The van der Waals surface area contributed by atoms with E-state index in [9.17, 15) is 13.2 Å². The number of fused-ring (bicyclic) bond motifs is 1. The smallest absolute Gasteiger partial charge is 0.319 e. The number of hydrogen-bond acceptors (Lipinski definition) is 3. The third kappa shape index (κ3) is 2.72. The first-order chi connectivity index (χ1) is 9.43. The van der Waals surface area contributed by atoms with Crippen LogP contribution in [0.4, 0.5) is 16.2 Å². The van der Waals surface area contributed by atoms with Gasteiger partial charge < -0.3 is 10.6 Å². The van der Waals surface area contributed by atoms with Crippen molar-refractivity contribution in [3.05, 3.63) is 23.8 Å². The van der Waals surface area contributed by atoms with Crippen molar-refractivity contribution >= 4 is 27.4 Å². The van der Waals surface area contributed by atoms with Crippen LogP contribution in [0.2, 0.25) is 0 Å². The summed E-state index contributed by atoms with van der Waals surface area (Å²) in [4.78, 5) is 11.7. The number of nitrogens with zero attached hydrogens (tertiary/aromatic N) is 1. The Balaban J connectivity index is 1.75. The number of sulfonamides is 1. The van der Waals surface area contributed by atoms with Crippen LogP contribution < -0.4 is 14.9 Å². The van der Waals surface area contributed by atoms with Crippen LogP contribution in [0.25, 0.3) is 0 Å². The van der Waals surface area contributed by atoms with Crippen LogP contribution in [0.15, 0.2) is 18.2 Å². The lowest BCUT2D eigenvalue weighted by Crippen LogP contribution is -2.30. The summed E-state index contributed by atoms with van der Waals surface area (Å²) in [5.41, 5.74) is 2.34. The van der Waals surface area contributed by atoms with E-state index in [4.69, 9.17) is 0 Å². The summed E-state index contributed by atoms with van der Waals surface area (Å²) in [7, 11) is -3.23. The van der Waals surface area contributed by atoms with E-state index < -0.39 is 10.0 Å². The number of rotatable bonds is 3. The molecule has 1 aliphatic heterocycles. The molecule has 0 radical (unpaired) electrons. The fraction of sp³-hybridized carbons (Fsp3) is 0.462. The predicted octanol–water partition coefficient (Wildman–Crippen LogP) is 1.29. The molecule has 0 unspecified atom stereocenters. The van der Waals surface area contributed by atoms with Gasteiger partial charge in [0.2, 0.25) is 10.0 Å². The molecule has 1 aromatic carbocycles. The maximum Gasteiger partial charge on any atom is 0.319 e. The first kappa shape index (κ1) is 13.2. The second kappa shape index (κ2) is 4.66. The first-order valence-corrected chi connectivity index (χ1v) is 8.46. The molecule has 2 N–H and O–H groups in total. The highest BCUT2D eigenvalue weighted by Gasteiger charge is 2.27. The van der Waals surface area contributed by atoms with Crippen LogP contribution in [0.3, 0.4) is 0 Å². The Kier molecular flexibility index (Phi) is 3.08. The molecule has 20 heavy (non-hydrogen) atoms. The van der Waals surface area contributed by atoms with E-state index in [1.165, 1.54) is 10.6 Å². The second-order valence-electron chi connectivity index (χ2n) is 5.30. The number of benzene rings is 1. The van der Waals surface area contributed by atoms with Crippen molar-refractivity contribution < 1.29 is 13.2 Å². The minimum Gasteiger partial charge on any atom is -0.335 e. The van der Waals surface area contributed by atoms with Crippen LogP contribution in [0.1, 0.15) is 18.4 Å². The van der Waals surface area contributed by atoms with E-state index in [1.54, 1.807) is 12.1 Å². The highest BCUT2D eigenvalue weighted by Crippen LogP contribution is 2.32. The quantitative estimate of drug-likeness (QED) is 0.882. The molecule has 108 valence electrons. The lowest BCUT2D eigenvalue weighted by Gasteiger charge is -2.16. The summed E-state index contributed by atoms with van der Waals surface area (Å²) in [5, 5.41) is 5.63. The van der Waals surface area contributed by atoms with Gasteiger partial charge in [-0.25, -0.2) is 13.2 Å². The molecule has 3 rings (SSSR count). The van der Waals surface area contributed by atoms with Gasteiger partial charge in [0.25, 0.3) is 0 Å². The number of carbonyl (C=O) groups is 1. The standard InChI is InChI=1S/C13H17N3O3S/c1-20(18,19)16-7-6-9-8-11(4-5-12(9)16)15-13(17)14-10-2-3-10/h4-5,8,10H,2-3,6-7H2,1H3,(H2,14,15,17). The maximum absolute atomic E-state index is 11.7. The fourth-order valence-electron chi connectivity index (χ4n) is 2.37. The number of hydrogen-bond donors (Lipinski definition) is 2. The summed E-state index contributed by atoms with van der Waals surface area (Å²) in [6, 6.07) is 5.42. The number of carbonyl (C=O) groups excluding carboxylic acids is 1. The first-order valence-electron chi connectivity index (χ1n) is 6.61. The van der Waals surface area contributed by atoms with E-state index in [0.29, 0.717) is 30.4 Å². The molecule has 0 saturated heterocycles. The summed E-state index contributed by atoms with van der Waals surface area (Å²) in [6.07, 6.45) is 3.96. The molecular formula is C13H17N3O3S. The topological polar surface area (TPSA) is 78.5 Å². The third-order valence-corrected chi connectivity index (χ3v) is 4.68. The zero-order valence-electron chi connectivity index (χ0n) is 11.2. The monoisotopic (exact) mass is 295 g/mol. The van der Waals surface area contributed by atoms with Crippen molar-refractivity contribution in [2.24, 2.45) is 0 Å². The average molecular weight is 295 g/mol. The van der Waals surface area contributed by atoms with Crippen LogP contribution in [0, 0.1) is 0 Å². The van der Waals surface area contributed by atoms with Crippen molar-refractivity contribution in [1.29, 1.82) is 0 Å². The minimum atomic E-state index is -3.23. The van der Waals surface area contributed by atoms with Crippen molar-refractivity contribution in [3.8, 4) is 0 Å². The molecule has 1 heterocycles. The Morgan fingerprint density at radius 3 is 2.75 bits per heavy atom. The van der Waals surface area contributed by atoms with Gasteiger partial charge in [0, 0.05) is 18.3 Å². The Morgan fingerprint density at radius 2 is 2.10 bits per heavy atom. The molecule has 2 aliphatic rings. The van der Waals surface area contributed by atoms with Crippen LogP contribution in [-0.4, -0.2) is 33.3 Å². The van der Waals surface area contributed by atoms with Crippen LogP contribution in [0.5, 0.6) is 0 Å². The second-order valence-corrected chi connectivity index (χ2v) is 7.21. The lowest BCUT2D eigenvalue weighted by molar-refractivity contribution is 0.251. The highest BCUT2D eigenvalue weighted by atomic mass is 32.2. The molecule has 6 nitrogen and oxygen atoms in total. The largest absolute Gasteiger partial charge is 0.335 e. The Morgan fingerprint density at radius 1 is 1.35 bits per heavy atom. The highest BCUT2D eigenvalue weighted by molar-refractivity contribution is 7.92. The molecule has 7 heteroatoms. The number of amides is 2. The van der Waals surface area contributed by atoms with E-state index in [1.807, 2.05) is 6.07 Å². The minimum absolute atomic E-state index is 0.203. The summed E-state index contributed by atoms with van der Waals surface area (Å²) >= 11 is 0. The maximum atomic E-state index is 11.7.